The molecule has 0 aliphatic rings. The molecule has 3 nitrogen and oxygen atoms in total. The fourth-order valence-electron chi connectivity index (χ4n) is 1.74. The van der Waals surface area contributed by atoms with E-state index in [1.54, 1.807) is 18.2 Å². The van der Waals surface area contributed by atoms with Crippen LogP contribution in [0.1, 0.15) is 17.2 Å². The Hall–Kier alpha value is -1.55. The number of nitrogens with two attached hydrogens (primary N) is 1. The molecule has 104 valence electrons. The van der Waals surface area contributed by atoms with Gasteiger partial charge in [-0.05, 0) is 24.6 Å². The molecule has 0 heterocycles. The van der Waals surface area contributed by atoms with Crippen LogP contribution in [0.25, 0.3) is 0 Å². The summed E-state index contributed by atoms with van der Waals surface area (Å²) in [5, 5.41) is 3.42. The number of benzene rings is 2. The van der Waals surface area contributed by atoms with E-state index in [-0.39, 0.29) is 5.91 Å². The summed E-state index contributed by atoms with van der Waals surface area (Å²) in [4.78, 5) is 12.1. The van der Waals surface area contributed by atoms with E-state index < -0.39 is 6.04 Å². The van der Waals surface area contributed by atoms with Crippen LogP contribution in [-0.2, 0) is 4.79 Å². The van der Waals surface area contributed by atoms with Crippen molar-refractivity contribution in [2.24, 2.45) is 5.73 Å². The number of rotatable bonds is 3. The molecular formula is C15H14Cl2N2O. The number of hydrogen-bond donors (Lipinski definition) is 2. The molecule has 0 spiro atoms. The Morgan fingerprint density at radius 1 is 1.10 bits per heavy atom. The zero-order valence-electron chi connectivity index (χ0n) is 10.9. The molecule has 1 amide bonds. The SMILES string of the molecule is Cc1ccc(C(N)C(=O)Nc2c(Cl)cccc2Cl)cc1. The lowest BCUT2D eigenvalue weighted by molar-refractivity contribution is -0.117. The van der Waals surface area contributed by atoms with E-state index in [4.69, 9.17) is 28.9 Å². The van der Waals surface area contributed by atoms with E-state index in [9.17, 15) is 4.79 Å². The Balaban J connectivity index is 2.18. The topological polar surface area (TPSA) is 55.1 Å². The van der Waals surface area contributed by atoms with E-state index >= 15 is 0 Å². The third-order valence-corrected chi connectivity index (χ3v) is 3.56. The Morgan fingerprint density at radius 3 is 2.20 bits per heavy atom. The molecule has 2 aromatic rings. The van der Waals surface area contributed by atoms with Gasteiger partial charge in [0.2, 0.25) is 5.91 Å². The first-order chi connectivity index (χ1) is 9.49. The first-order valence-electron chi connectivity index (χ1n) is 6.06. The van der Waals surface area contributed by atoms with Crippen LogP contribution in [0, 0.1) is 6.92 Å². The van der Waals surface area contributed by atoms with Crippen LogP contribution in [0.4, 0.5) is 5.69 Å². The van der Waals surface area contributed by atoms with Crippen molar-refractivity contribution in [2.75, 3.05) is 5.32 Å². The Labute approximate surface area is 127 Å². The van der Waals surface area contributed by atoms with Gasteiger partial charge in [-0.2, -0.15) is 0 Å². The van der Waals surface area contributed by atoms with Crippen LogP contribution in [0.15, 0.2) is 42.5 Å². The third-order valence-electron chi connectivity index (χ3n) is 2.93. The minimum absolute atomic E-state index is 0.358. The van der Waals surface area contributed by atoms with Crippen LogP contribution in [0.2, 0.25) is 10.0 Å². The first kappa shape index (κ1) is 14.9. The summed E-state index contributed by atoms with van der Waals surface area (Å²) < 4.78 is 0. The highest BCUT2D eigenvalue weighted by molar-refractivity contribution is 6.39. The van der Waals surface area contributed by atoms with E-state index in [1.807, 2.05) is 31.2 Å². The van der Waals surface area contributed by atoms with Gasteiger partial charge in [0.25, 0.3) is 0 Å². The summed E-state index contributed by atoms with van der Waals surface area (Å²) in [7, 11) is 0. The van der Waals surface area contributed by atoms with Crippen molar-refractivity contribution in [3.05, 3.63) is 63.6 Å². The second-order valence-corrected chi connectivity index (χ2v) is 5.29. The standard InChI is InChI=1S/C15H14Cl2N2O/c1-9-5-7-10(8-6-9)13(18)15(20)19-14-11(16)3-2-4-12(14)17/h2-8,13H,18H2,1H3,(H,19,20). The maximum atomic E-state index is 12.1. The van der Waals surface area contributed by atoms with Gasteiger partial charge in [0, 0.05) is 0 Å². The molecule has 0 aliphatic heterocycles. The fourth-order valence-corrected chi connectivity index (χ4v) is 2.24. The van der Waals surface area contributed by atoms with Crippen LogP contribution >= 0.6 is 23.2 Å². The third kappa shape index (κ3) is 3.31. The second-order valence-electron chi connectivity index (χ2n) is 4.47. The quantitative estimate of drug-likeness (QED) is 0.902. The Bertz CT molecular complexity index is 606. The smallest absolute Gasteiger partial charge is 0.245 e. The summed E-state index contributed by atoms with van der Waals surface area (Å²) in [5.41, 5.74) is 8.16. The molecule has 2 aromatic carbocycles. The van der Waals surface area contributed by atoms with E-state index in [2.05, 4.69) is 5.32 Å². The summed E-state index contributed by atoms with van der Waals surface area (Å²) >= 11 is 12.0. The highest BCUT2D eigenvalue weighted by Gasteiger charge is 2.18. The molecule has 0 fully saturated rings. The number of para-hydroxylation sites is 1. The first-order valence-corrected chi connectivity index (χ1v) is 6.81. The van der Waals surface area contributed by atoms with Crippen LogP contribution in [0.3, 0.4) is 0 Å². The number of anilines is 1. The van der Waals surface area contributed by atoms with Crippen molar-refractivity contribution in [1.29, 1.82) is 0 Å². The average Bonchev–Trinajstić information content (AvgIpc) is 2.43. The Morgan fingerprint density at radius 2 is 1.65 bits per heavy atom. The number of carbonyl (C=O) groups excluding carboxylic acids is 1. The van der Waals surface area contributed by atoms with E-state index in [1.165, 1.54) is 0 Å². The highest BCUT2D eigenvalue weighted by atomic mass is 35.5. The van der Waals surface area contributed by atoms with Gasteiger partial charge >= 0.3 is 0 Å². The van der Waals surface area contributed by atoms with Crippen molar-refractivity contribution in [2.45, 2.75) is 13.0 Å². The highest BCUT2D eigenvalue weighted by Crippen LogP contribution is 2.30. The number of hydrogen-bond acceptors (Lipinski definition) is 2. The summed E-state index contributed by atoms with van der Waals surface area (Å²) in [6.07, 6.45) is 0. The fraction of sp³-hybridized carbons (Fsp3) is 0.133. The lowest BCUT2D eigenvalue weighted by atomic mass is 10.1. The predicted octanol–water partition coefficient (Wildman–Crippen LogP) is 3.94. The van der Waals surface area contributed by atoms with Crippen molar-refractivity contribution in [3.8, 4) is 0 Å². The van der Waals surface area contributed by atoms with Gasteiger partial charge in [0.05, 0.1) is 15.7 Å². The number of aryl methyl sites for hydroxylation is 1. The zero-order valence-corrected chi connectivity index (χ0v) is 12.4. The summed E-state index contributed by atoms with van der Waals surface area (Å²) in [6, 6.07) is 11.7. The monoisotopic (exact) mass is 308 g/mol. The van der Waals surface area contributed by atoms with Gasteiger partial charge in [-0.25, -0.2) is 0 Å². The zero-order chi connectivity index (χ0) is 14.7. The average molecular weight is 309 g/mol. The summed E-state index contributed by atoms with van der Waals surface area (Å²) in [5.74, 6) is -0.358. The largest absolute Gasteiger partial charge is 0.322 e. The lowest BCUT2D eigenvalue weighted by Crippen LogP contribution is -2.27. The van der Waals surface area contributed by atoms with Gasteiger partial charge in [0.1, 0.15) is 6.04 Å². The number of nitrogens with one attached hydrogen (secondary N) is 1. The maximum absolute atomic E-state index is 12.1. The summed E-state index contributed by atoms with van der Waals surface area (Å²) in [6.45, 7) is 1.97. The number of halogens is 2. The Kier molecular flexibility index (Phi) is 4.65. The molecule has 0 aromatic heterocycles. The van der Waals surface area contributed by atoms with Gasteiger partial charge in [-0.1, -0.05) is 59.1 Å². The van der Waals surface area contributed by atoms with Crippen molar-refractivity contribution in [1.82, 2.24) is 0 Å². The minimum atomic E-state index is -0.775. The van der Waals surface area contributed by atoms with Crippen LogP contribution in [-0.4, -0.2) is 5.91 Å². The van der Waals surface area contributed by atoms with Gasteiger partial charge in [0.15, 0.2) is 0 Å². The maximum Gasteiger partial charge on any atom is 0.245 e. The molecule has 1 unspecified atom stereocenters. The molecule has 0 radical (unpaired) electrons. The molecule has 2 rings (SSSR count). The van der Waals surface area contributed by atoms with Crippen molar-refractivity contribution in [3.63, 3.8) is 0 Å². The molecule has 5 heteroatoms. The lowest BCUT2D eigenvalue weighted by Gasteiger charge is -2.14. The number of amides is 1. The van der Waals surface area contributed by atoms with E-state index in [0.29, 0.717) is 15.7 Å². The van der Waals surface area contributed by atoms with Crippen molar-refractivity contribution < 1.29 is 4.79 Å². The van der Waals surface area contributed by atoms with E-state index in [0.717, 1.165) is 11.1 Å². The molecule has 0 saturated heterocycles. The van der Waals surface area contributed by atoms with Gasteiger partial charge in [-0.15, -0.1) is 0 Å². The van der Waals surface area contributed by atoms with Gasteiger partial charge in [-0.3, -0.25) is 4.79 Å². The van der Waals surface area contributed by atoms with Crippen LogP contribution < -0.4 is 11.1 Å². The predicted molar refractivity (Wildman–Crippen MR) is 83.2 cm³/mol. The normalized spacial score (nSPS) is 12.0. The molecule has 0 saturated carbocycles. The minimum Gasteiger partial charge on any atom is -0.322 e. The molecule has 0 aliphatic carbocycles. The van der Waals surface area contributed by atoms with Gasteiger partial charge < -0.3 is 11.1 Å². The number of carbonyl (C=O) groups is 1. The van der Waals surface area contributed by atoms with Crippen molar-refractivity contribution >= 4 is 34.8 Å². The molecule has 3 N–H and O–H groups in total. The molecular weight excluding hydrogens is 295 g/mol. The second kappa shape index (κ2) is 6.27. The molecule has 0 bridgehead atoms. The molecule has 20 heavy (non-hydrogen) atoms. The van der Waals surface area contributed by atoms with Crippen LogP contribution in [0.5, 0.6) is 0 Å². The molecule has 1 atom stereocenters.